The molecule has 0 saturated heterocycles. The number of ether oxygens (including phenoxy) is 1. The van der Waals surface area contributed by atoms with Crippen LogP contribution in [0, 0.1) is 11.6 Å². The number of anilines is 2. The van der Waals surface area contributed by atoms with E-state index in [1.165, 1.54) is 24.3 Å². The van der Waals surface area contributed by atoms with Gasteiger partial charge in [-0.15, -0.1) is 0 Å². The molecule has 2 aromatic heterocycles. The number of rotatable bonds is 7. The second kappa shape index (κ2) is 8.36. The third-order valence-corrected chi connectivity index (χ3v) is 4.78. The normalized spacial score (nSPS) is 11.3. The van der Waals surface area contributed by atoms with Crippen LogP contribution in [-0.2, 0) is 4.74 Å². The number of benzene rings is 2. The average molecular weight is 394 g/mol. The molecule has 0 amide bonds. The van der Waals surface area contributed by atoms with Gasteiger partial charge in [-0.2, -0.15) is 0 Å². The molecule has 0 bridgehead atoms. The molecule has 2 heterocycles. The van der Waals surface area contributed by atoms with Gasteiger partial charge in [0, 0.05) is 66.9 Å². The van der Waals surface area contributed by atoms with Crippen LogP contribution in [0.5, 0.6) is 0 Å². The molecule has 5 nitrogen and oxygen atoms in total. The predicted octanol–water partition coefficient (Wildman–Crippen LogP) is 4.60. The quantitative estimate of drug-likeness (QED) is 0.480. The number of nitrogens with zero attached hydrogens (tertiary/aromatic N) is 2. The van der Waals surface area contributed by atoms with Crippen LogP contribution in [0.2, 0.25) is 0 Å². The molecule has 0 spiro atoms. The number of halogens is 2. The van der Waals surface area contributed by atoms with Gasteiger partial charge in [0.1, 0.15) is 11.6 Å². The van der Waals surface area contributed by atoms with Crippen LogP contribution in [0.25, 0.3) is 21.8 Å². The summed E-state index contributed by atoms with van der Waals surface area (Å²) in [5.41, 5.74) is 2.92. The Morgan fingerprint density at radius 2 is 1.28 bits per heavy atom. The Balaban J connectivity index is 1.45. The van der Waals surface area contributed by atoms with Gasteiger partial charge in [-0.1, -0.05) is 0 Å². The second-order valence-corrected chi connectivity index (χ2v) is 6.66. The molecule has 4 rings (SSSR count). The lowest BCUT2D eigenvalue weighted by atomic mass is 10.1. The van der Waals surface area contributed by atoms with E-state index in [0.717, 1.165) is 22.1 Å². The minimum Gasteiger partial charge on any atom is -0.382 e. The molecule has 0 aliphatic heterocycles. The minimum atomic E-state index is -0.314. The summed E-state index contributed by atoms with van der Waals surface area (Å²) in [6, 6.07) is 12.8. The number of aromatic nitrogens is 2. The molecule has 148 valence electrons. The van der Waals surface area contributed by atoms with Gasteiger partial charge in [0.2, 0.25) is 0 Å². The Morgan fingerprint density at radius 1 is 0.793 bits per heavy atom. The zero-order valence-electron chi connectivity index (χ0n) is 15.8. The maximum absolute atomic E-state index is 13.4. The zero-order valence-corrected chi connectivity index (χ0v) is 15.8. The van der Waals surface area contributed by atoms with Crippen LogP contribution >= 0.6 is 0 Å². The summed E-state index contributed by atoms with van der Waals surface area (Å²) in [5.74, 6) is -0.629. The summed E-state index contributed by atoms with van der Waals surface area (Å²) in [5, 5.41) is 8.39. The maximum Gasteiger partial charge on any atom is 0.125 e. The lowest BCUT2D eigenvalue weighted by Crippen LogP contribution is -2.29. The molecular formula is C22H20F2N4O. The fourth-order valence-electron chi connectivity index (χ4n) is 3.24. The molecule has 29 heavy (non-hydrogen) atoms. The van der Waals surface area contributed by atoms with Gasteiger partial charge in [-0.05, 0) is 36.4 Å². The highest BCUT2D eigenvalue weighted by molar-refractivity contribution is 5.91. The average Bonchev–Trinajstić information content (AvgIpc) is 2.73. The van der Waals surface area contributed by atoms with Gasteiger partial charge in [0.25, 0.3) is 0 Å². The molecule has 0 fully saturated rings. The Labute approximate surface area is 166 Å². The molecule has 2 aromatic carbocycles. The van der Waals surface area contributed by atoms with E-state index in [9.17, 15) is 8.78 Å². The summed E-state index contributed by atoms with van der Waals surface area (Å²) >= 11 is 0. The van der Waals surface area contributed by atoms with Gasteiger partial charge in [0.05, 0.1) is 17.1 Å². The molecule has 0 unspecified atom stereocenters. The summed E-state index contributed by atoms with van der Waals surface area (Å²) < 4.78 is 32.4. The Morgan fingerprint density at radius 3 is 1.72 bits per heavy atom. The van der Waals surface area contributed by atoms with E-state index in [1.54, 1.807) is 31.6 Å². The Hall–Kier alpha value is -3.32. The van der Waals surface area contributed by atoms with E-state index in [1.807, 2.05) is 12.1 Å². The van der Waals surface area contributed by atoms with E-state index in [0.29, 0.717) is 24.1 Å². The van der Waals surface area contributed by atoms with Gasteiger partial charge < -0.3 is 15.4 Å². The fourth-order valence-corrected chi connectivity index (χ4v) is 3.24. The van der Waals surface area contributed by atoms with Crippen molar-refractivity contribution in [3.63, 3.8) is 0 Å². The number of methoxy groups -OCH3 is 1. The van der Waals surface area contributed by atoms with Gasteiger partial charge in [-0.3, -0.25) is 9.97 Å². The molecule has 0 atom stereocenters. The Kier molecular flexibility index (Phi) is 5.48. The van der Waals surface area contributed by atoms with E-state index >= 15 is 0 Å². The summed E-state index contributed by atoms with van der Waals surface area (Å²) in [7, 11) is 1.65. The van der Waals surface area contributed by atoms with Gasteiger partial charge in [-0.25, -0.2) is 8.78 Å². The number of hydrogen-bond donors (Lipinski definition) is 2. The molecule has 4 aromatic rings. The highest BCUT2D eigenvalue weighted by Gasteiger charge is 2.11. The molecular weight excluding hydrogens is 374 g/mol. The van der Waals surface area contributed by atoms with Crippen molar-refractivity contribution in [2.75, 3.05) is 30.8 Å². The first-order valence-electron chi connectivity index (χ1n) is 9.23. The maximum atomic E-state index is 13.4. The summed E-state index contributed by atoms with van der Waals surface area (Å²) in [4.78, 5) is 8.41. The first-order chi connectivity index (χ1) is 14.1. The number of fused-ring (bicyclic) bond motifs is 2. The molecule has 0 radical (unpaired) electrons. The van der Waals surface area contributed by atoms with Crippen molar-refractivity contribution in [3.8, 4) is 0 Å². The SMILES string of the molecule is COC(CNc1ccnc2cc(F)ccc12)CNc1ccnc2cc(F)ccc12. The van der Waals surface area contributed by atoms with E-state index < -0.39 is 0 Å². The minimum absolute atomic E-state index is 0.137. The van der Waals surface area contributed by atoms with Crippen molar-refractivity contribution in [3.05, 3.63) is 72.6 Å². The van der Waals surface area contributed by atoms with Gasteiger partial charge in [0.15, 0.2) is 0 Å². The molecule has 7 heteroatoms. The highest BCUT2D eigenvalue weighted by atomic mass is 19.1. The van der Waals surface area contributed by atoms with Crippen LogP contribution in [0.1, 0.15) is 0 Å². The van der Waals surface area contributed by atoms with E-state index in [-0.39, 0.29) is 17.7 Å². The van der Waals surface area contributed by atoms with Crippen molar-refractivity contribution < 1.29 is 13.5 Å². The highest BCUT2D eigenvalue weighted by Crippen LogP contribution is 2.23. The monoisotopic (exact) mass is 394 g/mol. The predicted molar refractivity (Wildman–Crippen MR) is 111 cm³/mol. The van der Waals surface area contributed by atoms with E-state index in [2.05, 4.69) is 20.6 Å². The number of pyridine rings is 2. The largest absolute Gasteiger partial charge is 0.382 e. The topological polar surface area (TPSA) is 59.1 Å². The molecule has 0 aliphatic carbocycles. The number of hydrogen-bond acceptors (Lipinski definition) is 5. The van der Waals surface area contributed by atoms with Crippen LogP contribution < -0.4 is 10.6 Å². The van der Waals surface area contributed by atoms with Crippen LogP contribution in [0.3, 0.4) is 0 Å². The molecule has 0 saturated carbocycles. The summed E-state index contributed by atoms with van der Waals surface area (Å²) in [6.07, 6.45) is 3.15. The number of nitrogens with one attached hydrogen (secondary N) is 2. The fraction of sp³-hybridized carbons (Fsp3) is 0.182. The van der Waals surface area contributed by atoms with Crippen molar-refractivity contribution >= 4 is 33.2 Å². The van der Waals surface area contributed by atoms with Crippen LogP contribution in [0.15, 0.2) is 60.9 Å². The third-order valence-electron chi connectivity index (χ3n) is 4.78. The smallest absolute Gasteiger partial charge is 0.125 e. The zero-order chi connectivity index (χ0) is 20.2. The van der Waals surface area contributed by atoms with E-state index in [4.69, 9.17) is 4.74 Å². The van der Waals surface area contributed by atoms with Gasteiger partial charge >= 0.3 is 0 Å². The van der Waals surface area contributed by atoms with Crippen LogP contribution in [0.4, 0.5) is 20.2 Å². The van der Waals surface area contributed by atoms with Crippen LogP contribution in [-0.4, -0.2) is 36.3 Å². The first-order valence-corrected chi connectivity index (χ1v) is 9.23. The standard InChI is InChI=1S/C22H20F2N4O/c1-29-16(12-27-19-6-8-25-21-10-14(23)2-4-17(19)21)13-28-20-7-9-26-22-11-15(24)3-5-18(20)22/h2-11,16H,12-13H2,1H3,(H,25,27)(H,26,28). The lowest BCUT2D eigenvalue weighted by Gasteiger charge is -2.19. The Bertz CT molecular complexity index is 1060. The molecule has 0 aliphatic rings. The molecule has 2 N–H and O–H groups in total. The third kappa shape index (κ3) is 4.25. The second-order valence-electron chi connectivity index (χ2n) is 6.66. The first kappa shape index (κ1) is 19.0. The van der Waals surface area contributed by atoms with Crippen molar-refractivity contribution in [2.24, 2.45) is 0 Å². The van der Waals surface area contributed by atoms with Crippen molar-refractivity contribution in [1.82, 2.24) is 9.97 Å². The summed E-state index contributed by atoms with van der Waals surface area (Å²) in [6.45, 7) is 1.08. The lowest BCUT2D eigenvalue weighted by molar-refractivity contribution is 0.123. The van der Waals surface area contributed by atoms with Crippen molar-refractivity contribution in [2.45, 2.75) is 6.10 Å². The van der Waals surface area contributed by atoms with Crippen molar-refractivity contribution in [1.29, 1.82) is 0 Å².